The molecule has 1 N–H and O–H groups in total. The van der Waals surface area contributed by atoms with Gasteiger partial charge in [-0.3, -0.25) is 9.79 Å². The average Bonchev–Trinajstić information content (AvgIpc) is 2.47. The molecule has 1 amide bonds. The minimum Gasteiger partial charge on any atom is -0.347 e. The number of piperidine rings is 2. The Bertz CT molecular complexity index is 372. The first kappa shape index (κ1) is 19.5. The molecule has 6 heteroatoms. The average molecular weight is 422 g/mol. The van der Waals surface area contributed by atoms with Gasteiger partial charge in [-0.15, -0.1) is 24.0 Å². The maximum Gasteiger partial charge on any atom is 0.241 e. The number of carbonyl (C=O) groups is 1. The minimum atomic E-state index is 0. The number of carbonyl (C=O) groups excluding carboxylic acids is 1. The highest BCUT2D eigenvalue weighted by molar-refractivity contribution is 14.0. The lowest BCUT2D eigenvalue weighted by atomic mass is 9.92. The Labute approximate surface area is 151 Å². The SMILES string of the molecule is CN=C(NCC(=O)N1CCCCC1)N1CC(C)CC(C)C1.I. The summed E-state index contributed by atoms with van der Waals surface area (Å²) in [6.45, 7) is 8.83. The van der Waals surface area contributed by atoms with Crippen LogP contribution in [0.1, 0.15) is 39.5 Å². The van der Waals surface area contributed by atoms with E-state index in [2.05, 4.69) is 29.1 Å². The Hall–Kier alpha value is -0.530. The van der Waals surface area contributed by atoms with Gasteiger partial charge in [-0.2, -0.15) is 0 Å². The monoisotopic (exact) mass is 422 g/mol. The van der Waals surface area contributed by atoms with E-state index in [0.717, 1.165) is 45.0 Å². The van der Waals surface area contributed by atoms with Gasteiger partial charge in [0.1, 0.15) is 0 Å². The van der Waals surface area contributed by atoms with E-state index in [1.165, 1.54) is 12.8 Å². The molecule has 5 nitrogen and oxygen atoms in total. The van der Waals surface area contributed by atoms with Crippen molar-refractivity contribution in [2.75, 3.05) is 39.8 Å². The largest absolute Gasteiger partial charge is 0.347 e. The molecule has 22 heavy (non-hydrogen) atoms. The molecule has 0 saturated carbocycles. The van der Waals surface area contributed by atoms with Crippen LogP contribution in [0.25, 0.3) is 0 Å². The molecule has 2 aliphatic heterocycles. The lowest BCUT2D eigenvalue weighted by Crippen LogP contribution is -2.51. The highest BCUT2D eigenvalue weighted by Gasteiger charge is 2.24. The maximum absolute atomic E-state index is 12.2. The predicted molar refractivity (Wildman–Crippen MR) is 102 cm³/mol. The van der Waals surface area contributed by atoms with E-state index < -0.39 is 0 Å². The van der Waals surface area contributed by atoms with Crippen molar-refractivity contribution in [2.45, 2.75) is 39.5 Å². The summed E-state index contributed by atoms with van der Waals surface area (Å²) in [6.07, 6.45) is 4.81. The zero-order valence-electron chi connectivity index (χ0n) is 14.2. The summed E-state index contributed by atoms with van der Waals surface area (Å²) in [5, 5.41) is 3.26. The molecule has 0 aromatic rings. The quantitative estimate of drug-likeness (QED) is 0.422. The fourth-order valence-electron chi connectivity index (χ4n) is 3.58. The molecule has 2 heterocycles. The van der Waals surface area contributed by atoms with Crippen LogP contribution in [0.3, 0.4) is 0 Å². The molecule has 2 fully saturated rings. The molecule has 0 aliphatic carbocycles. The molecule has 0 aromatic heterocycles. The topological polar surface area (TPSA) is 47.9 Å². The second-order valence-electron chi connectivity index (χ2n) is 6.69. The van der Waals surface area contributed by atoms with Crippen LogP contribution in [0.4, 0.5) is 0 Å². The molecule has 2 atom stereocenters. The number of halogens is 1. The van der Waals surface area contributed by atoms with Crippen LogP contribution in [0.2, 0.25) is 0 Å². The highest BCUT2D eigenvalue weighted by Crippen LogP contribution is 2.20. The summed E-state index contributed by atoms with van der Waals surface area (Å²) in [7, 11) is 1.80. The molecule has 0 spiro atoms. The first-order valence-electron chi connectivity index (χ1n) is 8.33. The fourth-order valence-corrected chi connectivity index (χ4v) is 3.58. The van der Waals surface area contributed by atoms with Crippen LogP contribution in [0.15, 0.2) is 4.99 Å². The smallest absolute Gasteiger partial charge is 0.241 e. The molecule has 2 unspecified atom stereocenters. The van der Waals surface area contributed by atoms with E-state index in [0.29, 0.717) is 18.4 Å². The van der Waals surface area contributed by atoms with E-state index in [1.807, 2.05) is 4.90 Å². The molecule has 2 saturated heterocycles. The van der Waals surface area contributed by atoms with Crippen molar-refractivity contribution >= 4 is 35.8 Å². The Morgan fingerprint density at radius 1 is 1.09 bits per heavy atom. The van der Waals surface area contributed by atoms with Crippen LogP contribution in [0.5, 0.6) is 0 Å². The van der Waals surface area contributed by atoms with Crippen molar-refractivity contribution in [3.8, 4) is 0 Å². The third-order valence-electron chi connectivity index (χ3n) is 4.49. The van der Waals surface area contributed by atoms with Crippen LogP contribution in [-0.2, 0) is 4.79 Å². The molecule has 128 valence electrons. The van der Waals surface area contributed by atoms with Crippen molar-refractivity contribution in [3.05, 3.63) is 0 Å². The number of nitrogens with one attached hydrogen (secondary N) is 1. The minimum absolute atomic E-state index is 0. The molecule has 0 bridgehead atoms. The van der Waals surface area contributed by atoms with Gasteiger partial charge in [-0.25, -0.2) is 0 Å². The second kappa shape index (κ2) is 9.57. The maximum atomic E-state index is 12.2. The molecule has 0 aromatic carbocycles. The van der Waals surface area contributed by atoms with Crippen molar-refractivity contribution in [2.24, 2.45) is 16.8 Å². The predicted octanol–water partition coefficient (Wildman–Crippen LogP) is 2.17. The van der Waals surface area contributed by atoms with Crippen molar-refractivity contribution < 1.29 is 4.79 Å². The molecular formula is C16H31IN4O. The number of amides is 1. The van der Waals surface area contributed by atoms with Crippen molar-refractivity contribution in [1.29, 1.82) is 0 Å². The second-order valence-corrected chi connectivity index (χ2v) is 6.69. The Morgan fingerprint density at radius 2 is 1.68 bits per heavy atom. The van der Waals surface area contributed by atoms with Gasteiger partial charge in [0.15, 0.2) is 5.96 Å². The van der Waals surface area contributed by atoms with Gasteiger partial charge in [-0.05, 0) is 37.5 Å². The Kier molecular flexibility index (Phi) is 8.49. The number of rotatable bonds is 2. The number of hydrogen-bond donors (Lipinski definition) is 1. The molecule has 2 aliphatic rings. The number of likely N-dealkylation sites (tertiary alicyclic amines) is 2. The van der Waals surface area contributed by atoms with E-state index in [4.69, 9.17) is 0 Å². The van der Waals surface area contributed by atoms with Gasteiger partial charge in [0.25, 0.3) is 0 Å². The lowest BCUT2D eigenvalue weighted by molar-refractivity contribution is -0.130. The summed E-state index contributed by atoms with van der Waals surface area (Å²) < 4.78 is 0. The molecular weight excluding hydrogens is 391 g/mol. The van der Waals surface area contributed by atoms with Crippen molar-refractivity contribution in [3.63, 3.8) is 0 Å². The highest BCUT2D eigenvalue weighted by atomic mass is 127. The fraction of sp³-hybridized carbons (Fsp3) is 0.875. The van der Waals surface area contributed by atoms with Gasteiger partial charge >= 0.3 is 0 Å². The van der Waals surface area contributed by atoms with E-state index in [1.54, 1.807) is 7.05 Å². The molecule has 2 rings (SSSR count). The first-order chi connectivity index (χ1) is 10.1. The molecule has 0 radical (unpaired) electrons. The summed E-state index contributed by atoms with van der Waals surface area (Å²) in [5.41, 5.74) is 0. The van der Waals surface area contributed by atoms with E-state index in [9.17, 15) is 4.79 Å². The third-order valence-corrected chi connectivity index (χ3v) is 4.49. The number of aliphatic imine (C=N–C) groups is 1. The van der Waals surface area contributed by atoms with Gasteiger partial charge in [0.2, 0.25) is 5.91 Å². The third kappa shape index (κ3) is 5.59. The van der Waals surface area contributed by atoms with Gasteiger partial charge in [-0.1, -0.05) is 13.8 Å². The summed E-state index contributed by atoms with van der Waals surface area (Å²) in [4.78, 5) is 20.8. The van der Waals surface area contributed by atoms with Crippen molar-refractivity contribution in [1.82, 2.24) is 15.1 Å². The van der Waals surface area contributed by atoms with E-state index in [-0.39, 0.29) is 29.9 Å². The zero-order valence-corrected chi connectivity index (χ0v) is 16.5. The Morgan fingerprint density at radius 3 is 2.23 bits per heavy atom. The standard InChI is InChI=1S/C16H30N4O.HI/c1-13-9-14(2)12-20(11-13)16(17-3)18-10-15(21)19-7-5-4-6-8-19;/h13-14H,4-12H2,1-3H3,(H,17,18);1H. The summed E-state index contributed by atoms with van der Waals surface area (Å²) in [6, 6.07) is 0. The van der Waals surface area contributed by atoms with E-state index >= 15 is 0 Å². The Balaban J connectivity index is 0.00000242. The summed E-state index contributed by atoms with van der Waals surface area (Å²) in [5.74, 6) is 2.45. The normalized spacial score (nSPS) is 26.4. The van der Waals surface area contributed by atoms with Crippen LogP contribution in [-0.4, -0.2) is 61.4 Å². The lowest BCUT2D eigenvalue weighted by Gasteiger charge is -2.37. The summed E-state index contributed by atoms with van der Waals surface area (Å²) >= 11 is 0. The van der Waals surface area contributed by atoms with Gasteiger partial charge in [0, 0.05) is 33.2 Å². The number of guanidine groups is 1. The number of nitrogens with zero attached hydrogens (tertiary/aromatic N) is 3. The first-order valence-corrected chi connectivity index (χ1v) is 8.33. The van der Waals surface area contributed by atoms with Crippen LogP contribution < -0.4 is 5.32 Å². The zero-order chi connectivity index (χ0) is 15.2. The van der Waals surface area contributed by atoms with Crippen LogP contribution >= 0.6 is 24.0 Å². The number of hydrogen-bond acceptors (Lipinski definition) is 2. The van der Waals surface area contributed by atoms with Gasteiger partial charge in [0.05, 0.1) is 6.54 Å². The van der Waals surface area contributed by atoms with Gasteiger partial charge < -0.3 is 15.1 Å². The van der Waals surface area contributed by atoms with Crippen LogP contribution in [0, 0.1) is 11.8 Å².